The van der Waals surface area contributed by atoms with E-state index in [1.165, 1.54) is 16.0 Å². The van der Waals surface area contributed by atoms with E-state index in [4.69, 9.17) is 23.7 Å². The largest absolute Gasteiger partial charge is 0.508 e. The van der Waals surface area contributed by atoms with Crippen LogP contribution in [0.5, 0.6) is 5.75 Å². The van der Waals surface area contributed by atoms with Crippen molar-refractivity contribution in [2.45, 2.75) is 129 Å². The van der Waals surface area contributed by atoms with Crippen molar-refractivity contribution in [3.63, 3.8) is 0 Å². The quantitative estimate of drug-likeness (QED) is 0.0593. The lowest BCUT2D eigenvalue weighted by Gasteiger charge is -2.53. The van der Waals surface area contributed by atoms with E-state index in [0.717, 1.165) is 73.1 Å². The van der Waals surface area contributed by atoms with Gasteiger partial charge in [-0.2, -0.15) is 0 Å². The minimum absolute atomic E-state index is 0.00974. The summed E-state index contributed by atoms with van der Waals surface area (Å²) in [5.41, 5.74) is 6.80. The number of aliphatic hydroxyl groups excluding tert-OH is 2. The number of carbonyl (C=O) groups is 3. The SMILES string of the molecule is Cc1ncsc1-c1ccc(CNC(=O)[C@@H]2C[C@@H](O)CN2C(=O)[C@@H](NC(=O)COCCOCCOCCOCCOCCCC[C@@H]2Cc3cc(O)ccc3[C@H]3CC[C@]4(C)[C@@H](O)CC[C@H]4[C@H]23)C(C)(C)C)cc1. The van der Waals surface area contributed by atoms with Crippen LogP contribution >= 0.6 is 11.3 Å². The predicted molar refractivity (Wildman–Crippen MR) is 267 cm³/mol. The Hall–Kier alpha value is -4.00. The van der Waals surface area contributed by atoms with Crippen LogP contribution in [0.1, 0.15) is 107 Å². The van der Waals surface area contributed by atoms with Gasteiger partial charge in [-0.1, -0.05) is 64.4 Å². The zero-order valence-electron chi connectivity index (χ0n) is 42.0. The first-order valence-corrected chi connectivity index (χ1v) is 26.5. The van der Waals surface area contributed by atoms with Crippen LogP contribution < -0.4 is 10.6 Å². The molecule has 1 aliphatic heterocycles. The number of thiazole rings is 1. The van der Waals surface area contributed by atoms with Crippen molar-refractivity contribution in [2.75, 3.05) is 72.6 Å². The number of aryl methyl sites for hydroxylation is 1. The van der Waals surface area contributed by atoms with Gasteiger partial charge in [0.05, 0.1) is 81.1 Å². The smallest absolute Gasteiger partial charge is 0.246 e. The van der Waals surface area contributed by atoms with Crippen LogP contribution in [-0.4, -0.2) is 140 Å². The lowest BCUT2D eigenvalue weighted by atomic mass is 9.52. The number of benzene rings is 2. The normalized spacial score (nSPS) is 25.5. The molecule has 9 atom stereocenters. The van der Waals surface area contributed by atoms with Crippen molar-refractivity contribution in [1.82, 2.24) is 20.5 Å². The van der Waals surface area contributed by atoms with E-state index in [-0.39, 0.29) is 56.8 Å². The van der Waals surface area contributed by atoms with Gasteiger partial charge in [-0.3, -0.25) is 14.4 Å². The van der Waals surface area contributed by atoms with Gasteiger partial charge in [0.2, 0.25) is 17.7 Å². The summed E-state index contributed by atoms with van der Waals surface area (Å²) in [6.45, 7) is 13.6. The molecular formula is C54H78N4O11S. The summed E-state index contributed by atoms with van der Waals surface area (Å²) in [5, 5.41) is 37.5. The predicted octanol–water partition coefficient (Wildman–Crippen LogP) is 6.33. The lowest BCUT2D eigenvalue weighted by Crippen LogP contribution is -2.58. The van der Waals surface area contributed by atoms with E-state index in [2.05, 4.69) is 28.6 Å². The van der Waals surface area contributed by atoms with Crippen LogP contribution in [0, 0.1) is 35.5 Å². The lowest BCUT2D eigenvalue weighted by molar-refractivity contribution is -0.144. The summed E-state index contributed by atoms with van der Waals surface area (Å²) >= 11 is 1.58. The van der Waals surface area contributed by atoms with Crippen molar-refractivity contribution in [2.24, 2.45) is 28.6 Å². The highest BCUT2D eigenvalue weighted by Gasteiger charge is 2.56. The summed E-state index contributed by atoms with van der Waals surface area (Å²) in [7, 11) is 0. The van der Waals surface area contributed by atoms with Gasteiger partial charge in [0.25, 0.3) is 0 Å². The molecule has 0 radical (unpaired) electrons. The number of rotatable bonds is 25. The number of ether oxygens (including phenoxy) is 5. The third-order valence-corrected chi connectivity index (χ3v) is 16.4. The molecule has 4 aliphatic rings. The average molecular weight is 991 g/mol. The second-order valence-corrected chi connectivity index (χ2v) is 22.1. The van der Waals surface area contributed by atoms with E-state index < -0.39 is 35.4 Å². The molecule has 15 nitrogen and oxygen atoms in total. The minimum atomic E-state index is -0.956. The Balaban J connectivity index is 0.700. The number of carbonyl (C=O) groups excluding carboxylic acids is 3. The highest BCUT2D eigenvalue weighted by Crippen LogP contribution is 2.62. The van der Waals surface area contributed by atoms with Gasteiger partial charge in [-0.15, -0.1) is 11.3 Å². The zero-order chi connectivity index (χ0) is 49.8. The molecule has 5 N–H and O–H groups in total. The molecule has 3 fully saturated rings. The Morgan fingerprint density at radius 1 is 0.886 bits per heavy atom. The molecule has 2 saturated carbocycles. The van der Waals surface area contributed by atoms with E-state index in [1.54, 1.807) is 11.3 Å². The Labute approximate surface area is 418 Å². The number of β-amino-alcohol motifs (C(OH)–C–C–N with tert-alkyl or cyclic N) is 1. The number of aliphatic hydroxyl groups is 2. The molecule has 1 aromatic heterocycles. The van der Waals surface area contributed by atoms with Crippen molar-refractivity contribution >= 4 is 29.1 Å². The Bertz CT molecular complexity index is 2160. The highest BCUT2D eigenvalue weighted by atomic mass is 32.1. The topological polar surface area (TPSA) is 198 Å². The maximum absolute atomic E-state index is 13.9. The fraction of sp³-hybridized carbons (Fsp3) is 0.667. The van der Waals surface area contributed by atoms with Gasteiger partial charge >= 0.3 is 0 Å². The Kier molecular flexibility index (Phi) is 19.3. The van der Waals surface area contributed by atoms with Gasteiger partial charge < -0.3 is 54.5 Å². The minimum Gasteiger partial charge on any atom is -0.508 e. The standard InChI is InChI=1S/C54H78N4O11S/c1-35-49(70-34-56-35)37-11-9-36(10-12-37)31-55-51(63)45-30-41(60)32-58(45)52(64)50(53(2,3)4)57-47(62)33-69-27-26-68-25-24-67-23-22-66-21-20-65-19-7-6-8-38-28-39-29-40(59)13-14-42(39)43-17-18-54(5)44(48(38)43)15-16-46(54)61/h9-14,29,34,38,41,43-46,48,50,59-61H,6-8,15-28,30-33H2,1-5H3,(H,55,63)(H,57,62)/t38-,41-,43-,44+,45+,46+,48-,50-,54+/m1/s1. The number of hydrogen-bond donors (Lipinski definition) is 5. The van der Waals surface area contributed by atoms with Gasteiger partial charge in [0, 0.05) is 26.1 Å². The average Bonchev–Trinajstić information content (AvgIpc) is 4.04. The molecule has 2 heterocycles. The molecule has 16 heteroatoms. The van der Waals surface area contributed by atoms with E-state index in [1.807, 2.05) is 69.6 Å². The third-order valence-electron chi connectivity index (χ3n) is 15.4. The molecular weight excluding hydrogens is 913 g/mol. The summed E-state index contributed by atoms with van der Waals surface area (Å²) in [6, 6.07) is 12.0. The third kappa shape index (κ3) is 13.7. The number of aromatic nitrogens is 1. The van der Waals surface area contributed by atoms with Crippen molar-refractivity contribution in [3.05, 3.63) is 70.4 Å². The van der Waals surface area contributed by atoms with Crippen LogP contribution in [-0.2, 0) is 51.0 Å². The number of unbranched alkanes of at least 4 members (excludes halogenated alkanes) is 1. The molecule has 386 valence electrons. The number of phenols is 1. The first-order valence-electron chi connectivity index (χ1n) is 25.6. The molecule has 70 heavy (non-hydrogen) atoms. The van der Waals surface area contributed by atoms with Crippen molar-refractivity contribution in [3.8, 4) is 16.2 Å². The van der Waals surface area contributed by atoms with Gasteiger partial charge in [-0.05, 0) is 121 Å². The Morgan fingerprint density at radius 2 is 1.56 bits per heavy atom. The molecule has 7 rings (SSSR count). The van der Waals surface area contributed by atoms with Crippen LogP contribution in [0.3, 0.4) is 0 Å². The van der Waals surface area contributed by atoms with E-state index in [0.29, 0.717) is 75.7 Å². The maximum Gasteiger partial charge on any atom is 0.246 e. The molecule has 0 bridgehead atoms. The Morgan fingerprint density at radius 3 is 2.21 bits per heavy atom. The monoisotopic (exact) mass is 991 g/mol. The van der Waals surface area contributed by atoms with Crippen LogP contribution in [0.4, 0.5) is 0 Å². The molecule has 2 aromatic carbocycles. The summed E-state index contributed by atoms with van der Waals surface area (Å²) in [5.74, 6) is 1.29. The summed E-state index contributed by atoms with van der Waals surface area (Å²) in [4.78, 5) is 47.1. The summed E-state index contributed by atoms with van der Waals surface area (Å²) in [6.07, 6.45) is 7.49. The molecule has 0 spiro atoms. The first kappa shape index (κ1) is 53.8. The molecule has 3 aliphatic carbocycles. The fourth-order valence-corrected chi connectivity index (χ4v) is 12.5. The number of likely N-dealkylation sites (tertiary alicyclic amines) is 1. The van der Waals surface area contributed by atoms with Crippen LogP contribution in [0.15, 0.2) is 48.0 Å². The van der Waals surface area contributed by atoms with Crippen LogP contribution in [0.2, 0.25) is 0 Å². The second-order valence-electron chi connectivity index (χ2n) is 21.2. The van der Waals surface area contributed by atoms with E-state index >= 15 is 0 Å². The van der Waals surface area contributed by atoms with Crippen LogP contribution in [0.25, 0.3) is 10.4 Å². The number of fused-ring (bicyclic) bond motifs is 5. The molecule has 1 saturated heterocycles. The van der Waals surface area contributed by atoms with Crippen molar-refractivity contribution in [1.29, 1.82) is 0 Å². The van der Waals surface area contributed by atoms with Crippen molar-refractivity contribution < 1.29 is 53.4 Å². The number of aromatic hydroxyl groups is 1. The number of amides is 3. The number of nitrogens with one attached hydrogen (secondary N) is 2. The van der Waals surface area contributed by atoms with Gasteiger partial charge in [0.15, 0.2) is 0 Å². The molecule has 3 amide bonds. The maximum atomic E-state index is 13.9. The number of nitrogens with zero attached hydrogens (tertiary/aromatic N) is 2. The molecule has 0 unspecified atom stereocenters. The molecule has 3 aromatic rings. The first-order chi connectivity index (χ1) is 33.6. The van der Waals surface area contributed by atoms with Gasteiger partial charge in [0.1, 0.15) is 24.4 Å². The second kappa shape index (κ2) is 25.1. The summed E-state index contributed by atoms with van der Waals surface area (Å²) < 4.78 is 28.3. The zero-order valence-corrected chi connectivity index (χ0v) is 42.8. The number of phenolic OH excluding ortho intramolecular Hbond substituents is 1. The van der Waals surface area contributed by atoms with E-state index in [9.17, 15) is 29.7 Å². The fourth-order valence-electron chi connectivity index (χ4n) is 11.7. The highest BCUT2D eigenvalue weighted by molar-refractivity contribution is 7.13. The van der Waals surface area contributed by atoms with Gasteiger partial charge in [-0.25, -0.2) is 4.98 Å². The number of hydrogen-bond acceptors (Lipinski definition) is 13.